The van der Waals surface area contributed by atoms with Crippen LogP contribution < -0.4 is 0 Å². The standard InChI is InChI=1S/C15H9F4N/c1-9-2-5-12(14(16)6-9)13-7-11(15(17,18)19)4-3-10(13)8-20/h2-7H,1H3. The summed E-state index contributed by atoms with van der Waals surface area (Å²) in [7, 11) is 0. The van der Waals surface area contributed by atoms with E-state index in [1.165, 1.54) is 12.1 Å². The predicted molar refractivity (Wildman–Crippen MR) is 66.3 cm³/mol. The number of halogens is 4. The molecular weight excluding hydrogens is 270 g/mol. The molecule has 0 fully saturated rings. The Labute approximate surface area is 113 Å². The molecule has 2 aromatic rings. The van der Waals surface area contributed by atoms with E-state index in [9.17, 15) is 17.6 Å². The molecule has 2 rings (SSSR count). The van der Waals surface area contributed by atoms with Crippen LogP contribution in [0.25, 0.3) is 11.1 Å². The van der Waals surface area contributed by atoms with Crippen LogP contribution in [-0.4, -0.2) is 0 Å². The minimum absolute atomic E-state index is 0.000697. The van der Waals surface area contributed by atoms with Crippen molar-refractivity contribution in [3.63, 3.8) is 0 Å². The average Bonchev–Trinajstić information content (AvgIpc) is 2.37. The molecule has 0 amide bonds. The highest BCUT2D eigenvalue weighted by Gasteiger charge is 2.31. The van der Waals surface area contributed by atoms with Crippen LogP contribution in [0.2, 0.25) is 0 Å². The number of hydrogen-bond acceptors (Lipinski definition) is 1. The molecule has 2 aromatic carbocycles. The second-order valence-electron chi connectivity index (χ2n) is 4.35. The molecule has 1 nitrogen and oxygen atoms in total. The van der Waals surface area contributed by atoms with Gasteiger partial charge in [0.2, 0.25) is 0 Å². The molecule has 0 radical (unpaired) electrons. The molecular formula is C15H9F4N. The van der Waals surface area contributed by atoms with Crippen molar-refractivity contribution in [1.82, 2.24) is 0 Å². The zero-order chi connectivity index (χ0) is 14.9. The quantitative estimate of drug-likeness (QED) is 0.694. The van der Waals surface area contributed by atoms with E-state index >= 15 is 0 Å². The van der Waals surface area contributed by atoms with E-state index in [1.54, 1.807) is 19.1 Å². The van der Waals surface area contributed by atoms with E-state index in [0.717, 1.165) is 18.2 Å². The molecule has 20 heavy (non-hydrogen) atoms. The van der Waals surface area contributed by atoms with Crippen LogP contribution in [0.1, 0.15) is 16.7 Å². The van der Waals surface area contributed by atoms with E-state index in [2.05, 4.69) is 0 Å². The van der Waals surface area contributed by atoms with Crippen molar-refractivity contribution in [3.8, 4) is 17.2 Å². The second kappa shape index (κ2) is 4.97. The Bertz CT molecular complexity index is 696. The molecule has 0 aromatic heterocycles. The summed E-state index contributed by atoms with van der Waals surface area (Å²) in [5, 5.41) is 8.97. The van der Waals surface area contributed by atoms with Crippen LogP contribution in [0.5, 0.6) is 0 Å². The maximum absolute atomic E-state index is 13.9. The first-order valence-corrected chi connectivity index (χ1v) is 5.71. The van der Waals surface area contributed by atoms with Gasteiger partial charge in [-0.1, -0.05) is 12.1 Å². The summed E-state index contributed by atoms with van der Waals surface area (Å²) in [6.07, 6.45) is -4.54. The van der Waals surface area contributed by atoms with Gasteiger partial charge in [0.05, 0.1) is 17.2 Å². The van der Waals surface area contributed by atoms with Gasteiger partial charge in [0.1, 0.15) is 5.82 Å². The Kier molecular flexibility index (Phi) is 3.49. The van der Waals surface area contributed by atoms with E-state index in [4.69, 9.17) is 5.26 Å². The minimum Gasteiger partial charge on any atom is -0.206 e. The third kappa shape index (κ3) is 2.64. The number of benzene rings is 2. The molecule has 0 aliphatic rings. The van der Waals surface area contributed by atoms with Gasteiger partial charge in [-0.3, -0.25) is 0 Å². The number of alkyl halides is 3. The number of nitriles is 1. The van der Waals surface area contributed by atoms with Gasteiger partial charge in [-0.15, -0.1) is 0 Å². The first kappa shape index (κ1) is 14.1. The van der Waals surface area contributed by atoms with E-state index in [-0.39, 0.29) is 16.7 Å². The van der Waals surface area contributed by atoms with Crippen LogP contribution >= 0.6 is 0 Å². The Morgan fingerprint density at radius 3 is 2.25 bits per heavy atom. The predicted octanol–water partition coefficient (Wildman–Crippen LogP) is 4.69. The minimum atomic E-state index is -4.54. The summed E-state index contributed by atoms with van der Waals surface area (Å²) >= 11 is 0. The van der Waals surface area contributed by atoms with Gasteiger partial charge in [0.25, 0.3) is 0 Å². The van der Waals surface area contributed by atoms with Gasteiger partial charge in [0, 0.05) is 11.1 Å². The Hall–Kier alpha value is -2.35. The molecule has 0 saturated heterocycles. The molecule has 0 saturated carbocycles. The normalized spacial score (nSPS) is 11.2. The van der Waals surface area contributed by atoms with Gasteiger partial charge in [0.15, 0.2) is 0 Å². The van der Waals surface area contributed by atoms with Crippen LogP contribution in [0.3, 0.4) is 0 Å². The van der Waals surface area contributed by atoms with Crippen molar-refractivity contribution in [3.05, 3.63) is 58.9 Å². The Morgan fingerprint density at radius 2 is 1.70 bits per heavy atom. The molecule has 102 valence electrons. The van der Waals surface area contributed by atoms with Crippen LogP contribution in [0.15, 0.2) is 36.4 Å². The van der Waals surface area contributed by atoms with E-state index in [1.807, 2.05) is 0 Å². The highest BCUT2D eigenvalue weighted by atomic mass is 19.4. The van der Waals surface area contributed by atoms with Crippen LogP contribution in [0.4, 0.5) is 17.6 Å². The van der Waals surface area contributed by atoms with Crippen molar-refractivity contribution in [1.29, 1.82) is 5.26 Å². The summed E-state index contributed by atoms with van der Waals surface area (Å²) in [6.45, 7) is 1.67. The highest BCUT2D eigenvalue weighted by Crippen LogP contribution is 2.34. The summed E-state index contributed by atoms with van der Waals surface area (Å²) in [5.74, 6) is -0.652. The number of rotatable bonds is 1. The fourth-order valence-corrected chi connectivity index (χ4v) is 1.88. The fraction of sp³-hybridized carbons (Fsp3) is 0.133. The summed E-state index contributed by atoms with van der Waals surface area (Å²) in [5.41, 5.74) is -0.331. The molecule has 0 spiro atoms. The summed E-state index contributed by atoms with van der Waals surface area (Å²) < 4.78 is 52.0. The number of aryl methyl sites for hydroxylation is 1. The molecule has 0 unspecified atom stereocenters. The lowest BCUT2D eigenvalue weighted by molar-refractivity contribution is -0.137. The lowest BCUT2D eigenvalue weighted by Gasteiger charge is -2.11. The molecule has 0 heterocycles. The third-order valence-electron chi connectivity index (χ3n) is 2.88. The van der Waals surface area contributed by atoms with Crippen molar-refractivity contribution in [2.24, 2.45) is 0 Å². The third-order valence-corrected chi connectivity index (χ3v) is 2.88. The van der Waals surface area contributed by atoms with E-state index in [0.29, 0.717) is 5.56 Å². The molecule has 0 N–H and O–H groups in total. The van der Waals surface area contributed by atoms with Crippen molar-refractivity contribution in [2.75, 3.05) is 0 Å². The van der Waals surface area contributed by atoms with Crippen molar-refractivity contribution < 1.29 is 17.6 Å². The first-order chi connectivity index (χ1) is 9.32. The van der Waals surface area contributed by atoms with Crippen molar-refractivity contribution >= 4 is 0 Å². The van der Waals surface area contributed by atoms with Gasteiger partial charge in [-0.2, -0.15) is 18.4 Å². The SMILES string of the molecule is Cc1ccc(-c2cc(C(F)(F)F)ccc2C#N)c(F)c1. The largest absolute Gasteiger partial charge is 0.416 e. The topological polar surface area (TPSA) is 23.8 Å². The monoisotopic (exact) mass is 279 g/mol. The summed E-state index contributed by atoms with van der Waals surface area (Å²) in [4.78, 5) is 0. The van der Waals surface area contributed by atoms with E-state index < -0.39 is 17.6 Å². The Balaban J connectivity index is 2.68. The lowest BCUT2D eigenvalue weighted by atomic mass is 9.96. The second-order valence-corrected chi connectivity index (χ2v) is 4.35. The van der Waals surface area contributed by atoms with Gasteiger partial charge < -0.3 is 0 Å². The van der Waals surface area contributed by atoms with Crippen molar-refractivity contribution in [2.45, 2.75) is 13.1 Å². The zero-order valence-electron chi connectivity index (χ0n) is 10.4. The number of nitrogens with zero attached hydrogens (tertiary/aromatic N) is 1. The molecule has 0 bridgehead atoms. The van der Waals surface area contributed by atoms with Crippen LogP contribution in [0, 0.1) is 24.1 Å². The first-order valence-electron chi connectivity index (χ1n) is 5.71. The summed E-state index contributed by atoms with van der Waals surface area (Å²) in [6, 6.07) is 8.62. The average molecular weight is 279 g/mol. The fourth-order valence-electron chi connectivity index (χ4n) is 1.88. The van der Waals surface area contributed by atoms with Crippen LogP contribution in [-0.2, 0) is 6.18 Å². The lowest BCUT2D eigenvalue weighted by Crippen LogP contribution is -2.05. The molecule has 0 aliphatic heterocycles. The number of hydrogen-bond donors (Lipinski definition) is 0. The zero-order valence-corrected chi connectivity index (χ0v) is 10.4. The smallest absolute Gasteiger partial charge is 0.206 e. The molecule has 5 heteroatoms. The van der Waals surface area contributed by atoms with Gasteiger partial charge in [-0.05, 0) is 36.8 Å². The molecule has 0 atom stereocenters. The maximum Gasteiger partial charge on any atom is 0.416 e. The Morgan fingerprint density at radius 1 is 1.00 bits per heavy atom. The molecule has 0 aliphatic carbocycles. The maximum atomic E-state index is 13.9. The van der Waals surface area contributed by atoms with Gasteiger partial charge >= 0.3 is 6.18 Å². The highest BCUT2D eigenvalue weighted by molar-refractivity contribution is 5.72. The van der Waals surface area contributed by atoms with Gasteiger partial charge in [-0.25, -0.2) is 4.39 Å².